The molecule has 1 atom stereocenters. The molecule has 0 aromatic heterocycles. The summed E-state index contributed by atoms with van der Waals surface area (Å²) < 4.78 is 10.6. The number of aromatic hydroxyl groups is 1. The molecule has 114 valence electrons. The van der Waals surface area contributed by atoms with Gasteiger partial charge in [-0.1, -0.05) is 48.6 Å². The van der Waals surface area contributed by atoms with Crippen molar-refractivity contribution in [3.05, 3.63) is 71.8 Å². The van der Waals surface area contributed by atoms with Gasteiger partial charge in [0.2, 0.25) is 0 Å². The van der Waals surface area contributed by atoms with Crippen LogP contribution >= 0.6 is 0 Å². The Kier molecular flexibility index (Phi) is 5.81. The summed E-state index contributed by atoms with van der Waals surface area (Å²) in [6, 6.07) is 14.9. The third kappa shape index (κ3) is 5.11. The quantitative estimate of drug-likeness (QED) is 0.630. The van der Waals surface area contributed by atoms with Crippen LogP contribution in [0.15, 0.2) is 60.7 Å². The van der Waals surface area contributed by atoms with Crippen molar-refractivity contribution in [2.24, 2.45) is 0 Å². The fraction of sp³-hybridized carbons (Fsp3) is 0.158. The van der Waals surface area contributed by atoms with Crippen LogP contribution in [-0.2, 0) is 4.74 Å². The number of phenolic OH excluding ortho intramolecular Hbond substituents is 1. The summed E-state index contributed by atoms with van der Waals surface area (Å²) in [5.41, 5.74) is 2.13. The second kappa shape index (κ2) is 8.05. The van der Waals surface area contributed by atoms with Gasteiger partial charge < -0.3 is 14.6 Å². The number of rotatable bonds is 6. The molecule has 0 radical (unpaired) electrons. The summed E-state index contributed by atoms with van der Waals surface area (Å²) >= 11 is 0. The summed E-state index contributed by atoms with van der Waals surface area (Å²) in [5, 5.41) is 9.21. The molecule has 2 aromatic carbocycles. The predicted molar refractivity (Wildman–Crippen MR) is 89.7 cm³/mol. The Morgan fingerprint density at radius 2 is 1.36 bits per heavy atom. The van der Waals surface area contributed by atoms with Crippen molar-refractivity contribution in [1.29, 1.82) is 0 Å². The van der Waals surface area contributed by atoms with Crippen LogP contribution in [0.2, 0.25) is 0 Å². The monoisotopic (exact) mass is 296 g/mol. The molecule has 0 fully saturated rings. The van der Waals surface area contributed by atoms with Crippen molar-refractivity contribution in [1.82, 2.24) is 0 Å². The lowest BCUT2D eigenvalue weighted by Crippen LogP contribution is -2.13. The summed E-state index contributed by atoms with van der Waals surface area (Å²) in [5.74, 6) is 1.06. The maximum absolute atomic E-state index is 9.21. The Morgan fingerprint density at radius 1 is 0.864 bits per heavy atom. The van der Waals surface area contributed by atoms with Crippen LogP contribution in [0.5, 0.6) is 11.5 Å². The molecule has 0 bridgehead atoms. The van der Waals surface area contributed by atoms with Crippen LogP contribution < -0.4 is 4.74 Å². The Labute approximate surface area is 131 Å². The number of hydrogen-bond donors (Lipinski definition) is 1. The van der Waals surface area contributed by atoms with E-state index >= 15 is 0 Å². The van der Waals surface area contributed by atoms with Gasteiger partial charge in [0.15, 0.2) is 6.29 Å². The molecule has 1 unspecified atom stereocenters. The topological polar surface area (TPSA) is 38.7 Å². The van der Waals surface area contributed by atoms with Gasteiger partial charge in [-0.05, 0) is 42.3 Å². The highest BCUT2D eigenvalue weighted by atomic mass is 16.7. The number of methoxy groups -OCH3 is 1. The maximum Gasteiger partial charge on any atom is 0.196 e. The van der Waals surface area contributed by atoms with Gasteiger partial charge in [0.25, 0.3) is 0 Å². The molecule has 22 heavy (non-hydrogen) atoms. The molecular formula is C19H20O3. The van der Waals surface area contributed by atoms with Gasteiger partial charge in [-0.15, -0.1) is 0 Å². The van der Waals surface area contributed by atoms with E-state index in [-0.39, 0.29) is 12.0 Å². The fourth-order valence-electron chi connectivity index (χ4n) is 1.82. The largest absolute Gasteiger partial charge is 0.508 e. The third-order valence-corrected chi connectivity index (χ3v) is 3.10. The average Bonchev–Trinajstić information content (AvgIpc) is 2.54. The van der Waals surface area contributed by atoms with E-state index in [1.807, 2.05) is 67.6 Å². The van der Waals surface area contributed by atoms with Gasteiger partial charge in [0, 0.05) is 7.11 Å². The first kappa shape index (κ1) is 15.9. The van der Waals surface area contributed by atoms with Gasteiger partial charge >= 0.3 is 0 Å². The highest BCUT2D eigenvalue weighted by Gasteiger charge is 2.00. The summed E-state index contributed by atoms with van der Waals surface area (Å²) in [6.07, 6.45) is 7.67. The molecule has 0 spiro atoms. The SMILES string of the molecule is COC(C)Oc1ccc(C=CC=Cc2ccc(O)cc2)cc1. The van der Waals surface area contributed by atoms with Crippen LogP contribution in [-0.4, -0.2) is 18.5 Å². The van der Waals surface area contributed by atoms with Crippen LogP contribution in [0.1, 0.15) is 18.1 Å². The number of ether oxygens (including phenoxy) is 2. The van der Waals surface area contributed by atoms with Gasteiger partial charge in [-0.2, -0.15) is 0 Å². The van der Waals surface area contributed by atoms with Crippen molar-refractivity contribution in [3.63, 3.8) is 0 Å². The van der Waals surface area contributed by atoms with Crippen molar-refractivity contribution < 1.29 is 14.6 Å². The standard InChI is InChI=1S/C19H20O3/c1-15(21-2)22-19-13-9-17(10-14-19)6-4-3-5-16-7-11-18(20)12-8-16/h3-15,20H,1-2H3. The van der Waals surface area contributed by atoms with E-state index in [2.05, 4.69) is 0 Å². The zero-order chi connectivity index (χ0) is 15.8. The lowest BCUT2D eigenvalue weighted by molar-refractivity contribution is -0.0382. The molecule has 1 N–H and O–H groups in total. The Bertz CT molecular complexity index is 625. The maximum atomic E-state index is 9.21. The summed E-state index contributed by atoms with van der Waals surface area (Å²) in [6.45, 7) is 1.85. The van der Waals surface area contributed by atoms with Crippen molar-refractivity contribution >= 4 is 12.2 Å². The van der Waals surface area contributed by atoms with Crippen molar-refractivity contribution in [3.8, 4) is 11.5 Å². The summed E-state index contributed by atoms with van der Waals surface area (Å²) in [7, 11) is 1.61. The number of benzene rings is 2. The van der Waals surface area contributed by atoms with Gasteiger partial charge in [0.05, 0.1) is 0 Å². The lowest BCUT2D eigenvalue weighted by Gasteiger charge is -2.12. The fourth-order valence-corrected chi connectivity index (χ4v) is 1.82. The number of hydrogen-bond acceptors (Lipinski definition) is 3. The molecule has 2 rings (SSSR count). The molecule has 2 aromatic rings. The molecular weight excluding hydrogens is 276 g/mol. The van der Waals surface area contributed by atoms with Gasteiger partial charge in [-0.3, -0.25) is 0 Å². The minimum atomic E-state index is -0.255. The first-order valence-corrected chi connectivity index (χ1v) is 7.10. The van der Waals surface area contributed by atoms with Gasteiger partial charge in [-0.25, -0.2) is 0 Å². The van der Waals surface area contributed by atoms with E-state index in [1.165, 1.54) is 0 Å². The van der Waals surface area contributed by atoms with Crippen molar-refractivity contribution in [2.45, 2.75) is 13.2 Å². The number of phenols is 1. The Balaban J connectivity index is 1.91. The molecule has 0 saturated heterocycles. The smallest absolute Gasteiger partial charge is 0.196 e. The minimum Gasteiger partial charge on any atom is -0.508 e. The molecule has 0 heterocycles. The first-order chi connectivity index (χ1) is 10.7. The lowest BCUT2D eigenvalue weighted by atomic mass is 10.2. The Morgan fingerprint density at radius 3 is 1.86 bits per heavy atom. The summed E-state index contributed by atoms with van der Waals surface area (Å²) in [4.78, 5) is 0. The second-order valence-corrected chi connectivity index (χ2v) is 4.80. The number of allylic oxidation sites excluding steroid dienone is 2. The highest BCUT2D eigenvalue weighted by molar-refractivity contribution is 5.57. The molecule has 0 aliphatic heterocycles. The highest BCUT2D eigenvalue weighted by Crippen LogP contribution is 2.15. The van der Waals surface area contributed by atoms with Gasteiger partial charge in [0.1, 0.15) is 11.5 Å². The van der Waals surface area contributed by atoms with E-state index in [9.17, 15) is 5.11 Å². The second-order valence-electron chi connectivity index (χ2n) is 4.80. The molecule has 0 aliphatic rings. The van der Waals surface area contributed by atoms with Crippen LogP contribution in [0.25, 0.3) is 12.2 Å². The van der Waals surface area contributed by atoms with E-state index < -0.39 is 0 Å². The van der Waals surface area contributed by atoms with Crippen LogP contribution in [0.4, 0.5) is 0 Å². The molecule has 0 saturated carbocycles. The minimum absolute atomic E-state index is 0.255. The first-order valence-electron chi connectivity index (χ1n) is 7.10. The van der Waals surface area contributed by atoms with Crippen LogP contribution in [0.3, 0.4) is 0 Å². The molecule has 3 heteroatoms. The van der Waals surface area contributed by atoms with E-state index in [0.29, 0.717) is 0 Å². The molecule has 0 aliphatic carbocycles. The van der Waals surface area contributed by atoms with E-state index in [1.54, 1.807) is 19.2 Å². The Hall–Kier alpha value is -2.52. The molecule has 0 amide bonds. The predicted octanol–water partition coefficient (Wildman–Crippen LogP) is 4.49. The van der Waals surface area contributed by atoms with Crippen molar-refractivity contribution in [2.75, 3.05) is 7.11 Å². The van der Waals surface area contributed by atoms with E-state index in [0.717, 1.165) is 16.9 Å². The normalized spacial score (nSPS) is 12.8. The third-order valence-electron chi connectivity index (χ3n) is 3.10. The average molecular weight is 296 g/mol. The zero-order valence-corrected chi connectivity index (χ0v) is 12.8. The zero-order valence-electron chi connectivity index (χ0n) is 12.8. The van der Waals surface area contributed by atoms with Crippen LogP contribution in [0, 0.1) is 0 Å². The molecule has 3 nitrogen and oxygen atoms in total. The van der Waals surface area contributed by atoms with E-state index in [4.69, 9.17) is 9.47 Å².